The highest BCUT2D eigenvalue weighted by molar-refractivity contribution is 9.10. The van der Waals surface area contributed by atoms with E-state index >= 15 is 0 Å². The van der Waals surface area contributed by atoms with E-state index in [1.165, 1.54) is 4.88 Å². The van der Waals surface area contributed by atoms with E-state index in [1.807, 2.05) is 0 Å². The van der Waals surface area contributed by atoms with Gasteiger partial charge in [0.1, 0.15) is 0 Å². The summed E-state index contributed by atoms with van der Waals surface area (Å²) in [6.45, 7) is 6.47. The summed E-state index contributed by atoms with van der Waals surface area (Å²) >= 11 is 5.13. The lowest BCUT2D eigenvalue weighted by molar-refractivity contribution is 0.331. The lowest BCUT2D eigenvalue weighted by atomic mass is 9.87. The van der Waals surface area contributed by atoms with Crippen molar-refractivity contribution in [2.75, 3.05) is 0 Å². The topological polar surface area (TPSA) is 26.0 Å². The number of rotatable bonds is 1. The quantitative estimate of drug-likeness (QED) is 0.808. The van der Waals surface area contributed by atoms with Crippen molar-refractivity contribution in [1.29, 1.82) is 0 Å². The zero-order valence-electron chi connectivity index (χ0n) is 7.60. The maximum atomic E-state index is 6.07. The molecule has 0 aromatic carbocycles. The second-order valence-electron chi connectivity index (χ2n) is 4.01. The van der Waals surface area contributed by atoms with Gasteiger partial charge in [0, 0.05) is 20.8 Å². The standard InChI is InChI=1S/C9H14BrNS/c1-9(2,3)8(11)7-4-6(10)5-12-7/h4-5,8H,11H2,1-3H3/t8-/m0/s1. The Morgan fingerprint density at radius 3 is 2.42 bits per heavy atom. The van der Waals surface area contributed by atoms with Gasteiger partial charge in [-0.1, -0.05) is 20.8 Å². The van der Waals surface area contributed by atoms with Gasteiger partial charge in [-0.2, -0.15) is 0 Å². The predicted octanol–water partition coefficient (Wildman–Crippen LogP) is 3.56. The number of hydrogen-bond acceptors (Lipinski definition) is 2. The van der Waals surface area contributed by atoms with Crippen molar-refractivity contribution in [3.8, 4) is 0 Å². The smallest absolute Gasteiger partial charge is 0.0439 e. The lowest BCUT2D eigenvalue weighted by Gasteiger charge is -2.25. The Hall–Kier alpha value is 0.140. The molecule has 1 atom stereocenters. The van der Waals surface area contributed by atoms with Crippen LogP contribution in [0, 0.1) is 5.41 Å². The highest BCUT2D eigenvalue weighted by Gasteiger charge is 2.23. The molecule has 0 radical (unpaired) electrons. The van der Waals surface area contributed by atoms with E-state index < -0.39 is 0 Å². The molecule has 3 heteroatoms. The third-order valence-corrected chi connectivity index (χ3v) is 3.60. The Kier molecular flexibility index (Phi) is 2.97. The molecule has 0 saturated heterocycles. The summed E-state index contributed by atoms with van der Waals surface area (Å²) in [5.41, 5.74) is 6.22. The van der Waals surface area contributed by atoms with Crippen molar-refractivity contribution in [2.24, 2.45) is 11.1 Å². The molecule has 0 bridgehead atoms. The van der Waals surface area contributed by atoms with Crippen molar-refractivity contribution < 1.29 is 0 Å². The zero-order chi connectivity index (χ0) is 9.35. The van der Waals surface area contributed by atoms with Gasteiger partial charge < -0.3 is 5.73 Å². The molecular weight excluding hydrogens is 234 g/mol. The minimum absolute atomic E-state index is 0.133. The van der Waals surface area contributed by atoms with Crippen LogP contribution in [-0.2, 0) is 0 Å². The predicted molar refractivity (Wildman–Crippen MR) is 58.4 cm³/mol. The summed E-state index contributed by atoms with van der Waals surface area (Å²) in [5.74, 6) is 0. The third-order valence-electron chi connectivity index (χ3n) is 1.83. The van der Waals surface area contributed by atoms with Crippen molar-refractivity contribution in [3.63, 3.8) is 0 Å². The number of hydrogen-bond donors (Lipinski definition) is 1. The molecule has 12 heavy (non-hydrogen) atoms. The fourth-order valence-electron chi connectivity index (χ4n) is 0.918. The van der Waals surface area contributed by atoms with Crippen LogP contribution in [0.2, 0.25) is 0 Å². The molecule has 0 aliphatic carbocycles. The van der Waals surface area contributed by atoms with Gasteiger partial charge >= 0.3 is 0 Å². The monoisotopic (exact) mass is 247 g/mol. The highest BCUT2D eigenvalue weighted by Crippen LogP contribution is 2.34. The summed E-state index contributed by atoms with van der Waals surface area (Å²) in [5, 5.41) is 2.07. The van der Waals surface area contributed by atoms with E-state index in [1.54, 1.807) is 11.3 Å². The Morgan fingerprint density at radius 2 is 2.08 bits per heavy atom. The molecule has 0 saturated carbocycles. The Bertz CT molecular complexity index is 262. The molecule has 1 nitrogen and oxygen atoms in total. The minimum atomic E-state index is 0.133. The Balaban J connectivity index is 2.85. The summed E-state index contributed by atoms with van der Waals surface area (Å²) < 4.78 is 1.13. The van der Waals surface area contributed by atoms with E-state index in [0.717, 1.165) is 4.47 Å². The first-order valence-electron chi connectivity index (χ1n) is 3.91. The van der Waals surface area contributed by atoms with Crippen molar-refractivity contribution >= 4 is 27.3 Å². The van der Waals surface area contributed by atoms with Crippen LogP contribution in [-0.4, -0.2) is 0 Å². The summed E-state index contributed by atoms with van der Waals surface area (Å²) in [7, 11) is 0. The largest absolute Gasteiger partial charge is 0.323 e. The van der Waals surface area contributed by atoms with Crippen LogP contribution in [0.15, 0.2) is 15.9 Å². The first kappa shape index (κ1) is 10.2. The summed E-state index contributed by atoms with van der Waals surface area (Å²) in [6, 6.07) is 2.23. The molecule has 68 valence electrons. The molecule has 1 heterocycles. The van der Waals surface area contributed by atoms with Crippen molar-refractivity contribution in [3.05, 3.63) is 20.8 Å². The first-order valence-corrected chi connectivity index (χ1v) is 5.58. The Labute approximate surface area is 86.1 Å². The van der Waals surface area contributed by atoms with E-state index in [0.29, 0.717) is 0 Å². The fourth-order valence-corrected chi connectivity index (χ4v) is 2.61. The van der Waals surface area contributed by atoms with Gasteiger partial charge in [0.2, 0.25) is 0 Å². The minimum Gasteiger partial charge on any atom is -0.323 e. The van der Waals surface area contributed by atoms with Crippen LogP contribution in [0.25, 0.3) is 0 Å². The fraction of sp³-hybridized carbons (Fsp3) is 0.556. The summed E-state index contributed by atoms with van der Waals surface area (Å²) in [4.78, 5) is 1.24. The third kappa shape index (κ3) is 2.31. The van der Waals surface area contributed by atoms with Gasteiger partial charge in [0.25, 0.3) is 0 Å². The van der Waals surface area contributed by atoms with Crippen LogP contribution in [0.3, 0.4) is 0 Å². The second kappa shape index (κ2) is 3.48. The second-order valence-corrected chi connectivity index (χ2v) is 5.87. The van der Waals surface area contributed by atoms with Crippen LogP contribution in [0.1, 0.15) is 31.7 Å². The van der Waals surface area contributed by atoms with Gasteiger partial charge in [-0.15, -0.1) is 11.3 Å². The van der Waals surface area contributed by atoms with Crippen LogP contribution in [0.4, 0.5) is 0 Å². The van der Waals surface area contributed by atoms with E-state index in [9.17, 15) is 0 Å². The van der Waals surface area contributed by atoms with Gasteiger partial charge in [-0.25, -0.2) is 0 Å². The van der Waals surface area contributed by atoms with Crippen molar-refractivity contribution in [1.82, 2.24) is 0 Å². The molecule has 0 fully saturated rings. The number of nitrogens with two attached hydrogens (primary N) is 1. The highest BCUT2D eigenvalue weighted by atomic mass is 79.9. The molecule has 0 amide bonds. The maximum Gasteiger partial charge on any atom is 0.0439 e. The number of thiophene rings is 1. The summed E-state index contributed by atoms with van der Waals surface area (Å²) in [6.07, 6.45) is 0. The molecule has 0 unspecified atom stereocenters. The average molecular weight is 248 g/mol. The molecule has 0 aliphatic heterocycles. The van der Waals surface area contributed by atoms with Gasteiger partial charge in [-0.05, 0) is 27.4 Å². The molecule has 1 aromatic heterocycles. The van der Waals surface area contributed by atoms with Crippen LogP contribution in [0.5, 0.6) is 0 Å². The molecule has 2 N–H and O–H groups in total. The van der Waals surface area contributed by atoms with Gasteiger partial charge in [0.15, 0.2) is 0 Å². The SMILES string of the molecule is CC(C)(C)[C@@H](N)c1cc(Br)cs1. The maximum absolute atomic E-state index is 6.07. The molecule has 1 aromatic rings. The van der Waals surface area contributed by atoms with Gasteiger partial charge in [0.05, 0.1) is 0 Å². The van der Waals surface area contributed by atoms with Crippen LogP contribution < -0.4 is 5.73 Å². The van der Waals surface area contributed by atoms with E-state index in [4.69, 9.17) is 5.73 Å². The normalized spacial score (nSPS) is 14.8. The van der Waals surface area contributed by atoms with Crippen molar-refractivity contribution in [2.45, 2.75) is 26.8 Å². The van der Waals surface area contributed by atoms with Crippen LogP contribution >= 0.6 is 27.3 Å². The molecule has 1 rings (SSSR count). The molecule has 0 aliphatic rings. The van der Waals surface area contributed by atoms with Gasteiger partial charge in [-0.3, -0.25) is 0 Å². The lowest BCUT2D eigenvalue weighted by Crippen LogP contribution is -2.25. The first-order chi connectivity index (χ1) is 5.41. The molecular formula is C9H14BrNS. The van der Waals surface area contributed by atoms with E-state index in [2.05, 4.69) is 48.1 Å². The van der Waals surface area contributed by atoms with E-state index in [-0.39, 0.29) is 11.5 Å². The zero-order valence-corrected chi connectivity index (χ0v) is 10.00. The average Bonchev–Trinajstić information content (AvgIpc) is 2.32. The molecule has 0 spiro atoms. The Morgan fingerprint density at radius 1 is 1.50 bits per heavy atom. The number of halogens is 1.